The number of nitrogens with zero attached hydrogens (tertiary/aromatic N) is 3. The van der Waals surface area contributed by atoms with Gasteiger partial charge in [0, 0.05) is 10.4 Å². The first kappa shape index (κ1) is 34.2. The predicted octanol–water partition coefficient (Wildman–Crippen LogP) is 8.16. The summed E-state index contributed by atoms with van der Waals surface area (Å²) >= 11 is 6.36. The Morgan fingerprint density at radius 1 is 1.00 bits per heavy atom. The van der Waals surface area contributed by atoms with Crippen LogP contribution in [0.1, 0.15) is 117 Å². The zero-order valence-corrected chi connectivity index (χ0v) is 30.7. The third-order valence-corrected chi connectivity index (χ3v) is 15.8. The number of aliphatic hydroxyl groups excluding tert-OH is 2. The van der Waals surface area contributed by atoms with Gasteiger partial charge in [-0.2, -0.15) is 0 Å². The number of esters is 1. The fourth-order valence-electron chi connectivity index (χ4n) is 12.2. The number of allylic oxidation sites excluding steroid dienone is 2. The number of halogens is 1. The average molecular weight is 678 g/mol. The van der Waals surface area contributed by atoms with Crippen molar-refractivity contribution in [3.05, 3.63) is 58.4 Å². The Morgan fingerprint density at radius 3 is 2.50 bits per heavy atom. The molecule has 7 rings (SSSR count). The van der Waals surface area contributed by atoms with E-state index < -0.39 is 16.9 Å². The summed E-state index contributed by atoms with van der Waals surface area (Å²) in [4.78, 5) is 14.4. The van der Waals surface area contributed by atoms with Gasteiger partial charge in [0.25, 0.3) is 0 Å². The number of carbonyl (C=O) groups is 1. The van der Waals surface area contributed by atoms with E-state index in [1.54, 1.807) is 4.68 Å². The minimum atomic E-state index is -0.525. The maximum atomic E-state index is 14.4. The lowest BCUT2D eigenvalue weighted by molar-refractivity contribution is -0.217. The van der Waals surface area contributed by atoms with Crippen molar-refractivity contribution in [3.8, 4) is 0 Å². The second-order valence-corrected chi connectivity index (χ2v) is 18.6. The maximum Gasteiger partial charge on any atom is 0.313 e. The Bertz CT molecular complexity index is 1600. The molecule has 7 nitrogen and oxygen atoms in total. The van der Waals surface area contributed by atoms with E-state index in [4.69, 9.17) is 16.3 Å². The Kier molecular flexibility index (Phi) is 8.32. The molecule has 0 unspecified atom stereocenters. The van der Waals surface area contributed by atoms with Gasteiger partial charge in [-0.3, -0.25) is 4.79 Å². The van der Waals surface area contributed by atoms with Crippen LogP contribution in [0.5, 0.6) is 0 Å². The minimum absolute atomic E-state index is 0.0150. The summed E-state index contributed by atoms with van der Waals surface area (Å²) in [5.74, 6) is 0.849. The first-order valence-electron chi connectivity index (χ1n) is 18.4. The van der Waals surface area contributed by atoms with Crippen LogP contribution in [0.2, 0.25) is 5.02 Å². The molecule has 0 bridgehead atoms. The molecule has 4 fully saturated rings. The zero-order valence-electron chi connectivity index (χ0n) is 29.9. The van der Waals surface area contributed by atoms with Crippen molar-refractivity contribution in [1.82, 2.24) is 15.0 Å². The molecule has 2 aromatic rings. The highest BCUT2D eigenvalue weighted by Crippen LogP contribution is 2.75. The lowest BCUT2D eigenvalue weighted by atomic mass is 9.33. The number of hydrogen-bond donors (Lipinski definition) is 2. The topological polar surface area (TPSA) is 97.5 Å². The molecule has 0 aliphatic heterocycles. The summed E-state index contributed by atoms with van der Waals surface area (Å²) in [6.45, 7) is 15.1. The molecule has 0 radical (unpaired) electrons. The van der Waals surface area contributed by atoms with E-state index >= 15 is 0 Å². The standard InChI is InChI=1S/C40H56ClN3O4/c1-35(2)17-19-40(34(47)48-24-27-23-44(43-42-27)22-26-9-7-8-10-30(26)41)20-18-38(5)28(29(40)21-35)11-12-32-36(3)15-14-33(46)37(4,25-45)31(36)13-16-39(32,38)6/h7-11,23,29,31-33,45-46H,12-22,24-25H2,1-6H3/t29-,31+,32+,33-,36-,37-,38+,39+,40-/m0/s1. The summed E-state index contributed by atoms with van der Waals surface area (Å²) < 4.78 is 7.95. The zero-order chi connectivity index (χ0) is 34.3. The summed E-state index contributed by atoms with van der Waals surface area (Å²) in [5.41, 5.74) is 2.40. The van der Waals surface area contributed by atoms with Crippen LogP contribution in [-0.2, 0) is 22.7 Å². The number of rotatable bonds is 6. The molecule has 48 heavy (non-hydrogen) atoms. The van der Waals surface area contributed by atoms with Gasteiger partial charge in [0.2, 0.25) is 0 Å². The summed E-state index contributed by atoms with van der Waals surface area (Å²) in [6, 6.07) is 7.71. The van der Waals surface area contributed by atoms with Crippen LogP contribution < -0.4 is 0 Å². The second kappa shape index (κ2) is 11.7. The first-order valence-corrected chi connectivity index (χ1v) is 18.8. The smallest absolute Gasteiger partial charge is 0.313 e. The van der Waals surface area contributed by atoms with E-state index in [9.17, 15) is 15.0 Å². The van der Waals surface area contributed by atoms with E-state index in [1.165, 1.54) is 5.57 Å². The van der Waals surface area contributed by atoms with Gasteiger partial charge in [0.1, 0.15) is 12.3 Å². The molecular formula is C40H56ClN3O4. The van der Waals surface area contributed by atoms with Gasteiger partial charge in [-0.1, -0.05) is 88.2 Å². The molecule has 9 atom stereocenters. The second-order valence-electron chi connectivity index (χ2n) is 18.2. The van der Waals surface area contributed by atoms with Crippen LogP contribution in [0.3, 0.4) is 0 Å². The van der Waals surface area contributed by atoms with Gasteiger partial charge in [-0.15, -0.1) is 5.10 Å². The minimum Gasteiger partial charge on any atom is -0.459 e. The van der Waals surface area contributed by atoms with Crippen LogP contribution in [0.15, 0.2) is 42.1 Å². The van der Waals surface area contributed by atoms with E-state index in [2.05, 4.69) is 57.9 Å². The SMILES string of the molecule is CC1(C)CC[C@]2(C(=O)OCc3cn(Cc4ccccc4Cl)nn3)CC[C@]3(C)C(=CC[C@@H]4[C@@]5(C)CC[C@H](O)[C@@](C)(CO)[C@@H]5CC[C@]43C)[C@@H]2C1. The van der Waals surface area contributed by atoms with Crippen molar-refractivity contribution in [1.29, 1.82) is 0 Å². The highest BCUT2D eigenvalue weighted by Gasteiger charge is 2.69. The Balaban J connectivity index is 1.16. The molecule has 4 saturated carbocycles. The molecule has 0 saturated heterocycles. The highest BCUT2D eigenvalue weighted by atomic mass is 35.5. The van der Waals surface area contributed by atoms with Crippen molar-refractivity contribution in [2.45, 2.75) is 125 Å². The van der Waals surface area contributed by atoms with Gasteiger partial charge in [0.05, 0.1) is 30.9 Å². The molecule has 1 aromatic carbocycles. The van der Waals surface area contributed by atoms with Crippen molar-refractivity contribution in [2.75, 3.05) is 6.61 Å². The summed E-state index contributed by atoms with van der Waals surface area (Å²) in [7, 11) is 0. The Hall–Kier alpha value is -2.22. The van der Waals surface area contributed by atoms with Crippen LogP contribution in [0, 0.1) is 50.2 Å². The summed E-state index contributed by atoms with van der Waals surface area (Å²) in [6.07, 6.45) is 13.5. The lowest BCUT2D eigenvalue weighted by Gasteiger charge is -2.71. The quantitative estimate of drug-likeness (QED) is 0.237. The number of carbonyl (C=O) groups excluding carboxylic acids is 1. The number of aromatic nitrogens is 3. The van der Waals surface area contributed by atoms with Crippen LogP contribution in [-0.4, -0.2) is 43.9 Å². The lowest BCUT2D eigenvalue weighted by Crippen LogP contribution is -2.66. The van der Waals surface area contributed by atoms with Crippen LogP contribution in [0.25, 0.3) is 0 Å². The van der Waals surface area contributed by atoms with Gasteiger partial charge in [-0.25, -0.2) is 4.68 Å². The number of aliphatic hydroxyl groups is 2. The molecule has 2 N–H and O–H groups in total. The summed E-state index contributed by atoms with van der Waals surface area (Å²) in [5, 5.41) is 31.0. The van der Waals surface area contributed by atoms with E-state index in [1.807, 2.05) is 30.5 Å². The normalized spacial score (nSPS) is 41.6. The number of ether oxygens (including phenoxy) is 1. The van der Waals surface area contributed by atoms with Gasteiger partial charge >= 0.3 is 5.97 Å². The van der Waals surface area contributed by atoms with Crippen LogP contribution in [0.4, 0.5) is 0 Å². The van der Waals surface area contributed by atoms with Crippen molar-refractivity contribution >= 4 is 17.6 Å². The van der Waals surface area contributed by atoms with Crippen molar-refractivity contribution in [3.63, 3.8) is 0 Å². The first-order chi connectivity index (χ1) is 22.6. The molecule has 5 aliphatic rings. The van der Waals surface area contributed by atoms with Gasteiger partial charge in [0.15, 0.2) is 0 Å². The number of fused-ring (bicyclic) bond motifs is 7. The fourth-order valence-corrected chi connectivity index (χ4v) is 12.4. The molecule has 262 valence electrons. The van der Waals surface area contributed by atoms with E-state index in [0.717, 1.165) is 69.8 Å². The predicted molar refractivity (Wildman–Crippen MR) is 187 cm³/mol. The van der Waals surface area contributed by atoms with Crippen LogP contribution >= 0.6 is 11.6 Å². The van der Waals surface area contributed by atoms with Crippen molar-refractivity contribution < 1.29 is 19.7 Å². The van der Waals surface area contributed by atoms with Gasteiger partial charge < -0.3 is 14.9 Å². The average Bonchev–Trinajstić information content (AvgIpc) is 3.50. The Labute approximate surface area is 291 Å². The molecule has 0 spiro atoms. The molecular weight excluding hydrogens is 622 g/mol. The number of benzene rings is 1. The molecule has 1 aromatic heterocycles. The fraction of sp³-hybridized carbons (Fsp3) is 0.725. The highest BCUT2D eigenvalue weighted by molar-refractivity contribution is 6.31. The molecule has 1 heterocycles. The van der Waals surface area contributed by atoms with Gasteiger partial charge in [-0.05, 0) is 115 Å². The monoisotopic (exact) mass is 677 g/mol. The largest absolute Gasteiger partial charge is 0.459 e. The molecule has 8 heteroatoms. The molecule has 0 amide bonds. The third kappa shape index (κ3) is 4.98. The van der Waals surface area contributed by atoms with Crippen molar-refractivity contribution in [2.24, 2.45) is 50.2 Å². The number of hydrogen-bond acceptors (Lipinski definition) is 6. The molecule has 5 aliphatic carbocycles. The maximum absolute atomic E-state index is 14.4. The van der Waals surface area contributed by atoms with E-state index in [-0.39, 0.29) is 46.8 Å². The third-order valence-electron chi connectivity index (χ3n) is 15.4. The van der Waals surface area contributed by atoms with E-state index in [0.29, 0.717) is 29.1 Å². The Morgan fingerprint density at radius 2 is 1.75 bits per heavy atom.